The second-order valence-electron chi connectivity index (χ2n) is 8.25. The highest BCUT2D eigenvalue weighted by atomic mass is 31.3. The molecule has 0 aromatic carbocycles. The Morgan fingerprint density at radius 1 is 0.921 bits per heavy atom. The van der Waals surface area contributed by atoms with Gasteiger partial charge in [-0.25, -0.2) is 24.1 Å². The SMILES string of the molecule is Nc1ncnc2c1ncn2[C@@H]1O[C@H](COP(=O)(O)OP(=O)(O)O[C@@H]2O[C@@H](CO)[C@@H](O)[C@@H](O)[C@@H]2O)[C@@H](O)[C@H]1O. The number of imidazole rings is 1. The first kappa shape index (κ1) is 29.3. The van der Waals surface area contributed by atoms with E-state index in [4.69, 9.17) is 20.3 Å². The molecule has 10 N–H and O–H groups in total. The van der Waals surface area contributed by atoms with E-state index in [1.807, 2.05) is 0 Å². The zero-order chi connectivity index (χ0) is 28.0. The number of hydrogen-bond acceptors (Lipinski definition) is 17. The summed E-state index contributed by atoms with van der Waals surface area (Å²) in [5.41, 5.74) is 6.05. The summed E-state index contributed by atoms with van der Waals surface area (Å²) in [6.07, 6.45) is -13.3. The molecule has 0 amide bonds. The van der Waals surface area contributed by atoms with Gasteiger partial charge in [-0.2, -0.15) is 4.31 Å². The van der Waals surface area contributed by atoms with Crippen LogP contribution in [-0.4, -0.2) is 122 Å². The van der Waals surface area contributed by atoms with E-state index < -0.39 is 84.1 Å². The van der Waals surface area contributed by atoms with E-state index in [-0.39, 0.29) is 17.0 Å². The number of nitrogen functional groups attached to an aromatic ring is 1. The van der Waals surface area contributed by atoms with Crippen LogP contribution in [0.15, 0.2) is 12.7 Å². The largest absolute Gasteiger partial charge is 0.483 e. The van der Waals surface area contributed by atoms with E-state index in [1.54, 1.807) is 0 Å². The Balaban J connectivity index is 1.38. The Kier molecular flexibility index (Phi) is 8.51. The molecule has 2 aliphatic heterocycles. The second kappa shape index (κ2) is 11.0. The van der Waals surface area contributed by atoms with Crippen LogP contribution in [0.1, 0.15) is 6.23 Å². The van der Waals surface area contributed by atoms with Gasteiger partial charge < -0.3 is 55.6 Å². The minimum Gasteiger partial charge on any atom is -0.394 e. The summed E-state index contributed by atoms with van der Waals surface area (Å²) in [6.45, 7) is -1.82. The number of hydrogen-bond donors (Lipinski definition) is 9. The van der Waals surface area contributed by atoms with Crippen LogP contribution in [-0.2, 0) is 32.0 Å². The van der Waals surface area contributed by atoms with Crippen LogP contribution in [0, 0.1) is 0 Å². The van der Waals surface area contributed by atoms with Crippen LogP contribution >= 0.6 is 15.6 Å². The Labute approximate surface area is 212 Å². The van der Waals surface area contributed by atoms with Gasteiger partial charge in [0.25, 0.3) is 0 Å². The van der Waals surface area contributed by atoms with Crippen molar-refractivity contribution in [3.05, 3.63) is 12.7 Å². The molecule has 38 heavy (non-hydrogen) atoms. The van der Waals surface area contributed by atoms with Crippen molar-refractivity contribution in [3.8, 4) is 0 Å². The lowest BCUT2D eigenvalue weighted by Gasteiger charge is -2.39. The molecule has 0 saturated carbocycles. The number of ether oxygens (including phenoxy) is 2. The molecule has 2 aliphatic rings. The maximum absolute atomic E-state index is 12.3. The molecule has 2 aromatic heterocycles. The lowest BCUT2D eigenvalue weighted by Crippen LogP contribution is -2.58. The average molecular weight is 589 g/mol. The van der Waals surface area contributed by atoms with Gasteiger partial charge in [-0.05, 0) is 0 Å². The minimum atomic E-state index is -5.56. The van der Waals surface area contributed by atoms with E-state index in [0.29, 0.717) is 0 Å². The topological polar surface area (TPSA) is 312 Å². The number of fused-ring (bicyclic) bond motifs is 1. The molecule has 20 nitrogen and oxygen atoms in total. The highest BCUT2D eigenvalue weighted by molar-refractivity contribution is 7.61. The third-order valence-electron chi connectivity index (χ3n) is 5.69. The lowest BCUT2D eigenvalue weighted by atomic mass is 10.00. The van der Waals surface area contributed by atoms with Gasteiger partial charge in [0.15, 0.2) is 24.0 Å². The fourth-order valence-electron chi connectivity index (χ4n) is 3.78. The number of aliphatic hydroxyl groups is 6. The summed E-state index contributed by atoms with van der Waals surface area (Å²) in [5, 5.41) is 59.2. The maximum Gasteiger partial charge on any atom is 0.483 e. The van der Waals surface area contributed by atoms with E-state index in [1.165, 1.54) is 10.9 Å². The van der Waals surface area contributed by atoms with Crippen molar-refractivity contribution in [3.63, 3.8) is 0 Å². The number of aromatic nitrogens is 4. The van der Waals surface area contributed by atoms with Gasteiger partial charge in [0, 0.05) is 0 Å². The fourth-order valence-corrected chi connectivity index (χ4v) is 5.94. The van der Waals surface area contributed by atoms with Crippen molar-refractivity contribution in [1.29, 1.82) is 0 Å². The quantitative estimate of drug-likeness (QED) is 0.126. The molecule has 4 rings (SSSR count). The highest BCUT2D eigenvalue weighted by Gasteiger charge is 2.49. The predicted octanol–water partition coefficient (Wildman–Crippen LogP) is -3.92. The van der Waals surface area contributed by atoms with Crippen LogP contribution in [0.3, 0.4) is 0 Å². The van der Waals surface area contributed by atoms with Gasteiger partial charge in [-0.3, -0.25) is 13.6 Å². The van der Waals surface area contributed by atoms with Gasteiger partial charge in [-0.1, -0.05) is 0 Å². The monoisotopic (exact) mass is 589 g/mol. The Hall–Kier alpha value is -1.71. The summed E-state index contributed by atoms with van der Waals surface area (Å²) < 4.78 is 49.3. The molecular formula is C16H25N5O15P2. The zero-order valence-electron chi connectivity index (χ0n) is 19.0. The lowest BCUT2D eigenvalue weighted by molar-refractivity contribution is -0.280. The van der Waals surface area contributed by atoms with Crippen molar-refractivity contribution < 1.29 is 72.4 Å². The molecule has 4 heterocycles. The van der Waals surface area contributed by atoms with Gasteiger partial charge in [-0.15, -0.1) is 0 Å². The maximum atomic E-state index is 12.3. The van der Waals surface area contributed by atoms with E-state index in [0.717, 1.165) is 6.33 Å². The normalized spacial score (nSPS) is 37.2. The summed E-state index contributed by atoms with van der Waals surface area (Å²) in [5.74, 6) is 0.0411. The third kappa shape index (κ3) is 5.89. The minimum absolute atomic E-state index is 0.0411. The Morgan fingerprint density at radius 2 is 1.61 bits per heavy atom. The standard InChI is InChI=1S/C16H25N5O15P2/c17-13-7-14(19-3-18-13)21(4-20-7)15-11(26)9(24)6(33-15)2-32-37(28,29)36-38(30,31)35-16-12(27)10(25)8(23)5(1-22)34-16/h3-6,8-12,15-16,22-27H,1-2H2,(H,28,29)(H,30,31)(H2,17,18,19)/t5-,6+,8+,9+,10+,11+,12-,15+,16-/m0/s1. The van der Waals surface area contributed by atoms with Gasteiger partial charge in [0.05, 0.1) is 19.5 Å². The van der Waals surface area contributed by atoms with Gasteiger partial charge >= 0.3 is 15.6 Å². The first-order chi connectivity index (χ1) is 17.7. The number of nitrogens with zero attached hydrogens (tertiary/aromatic N) is 4. The van der Waals surface area contributed by atoms with Crippen molar-refractivity contribution in [1.82, 2.24) is 19.5 Å². The summed E-state index contributed by atoms with van der Waals surface area (Å²) >= 11 is 0. The number of rotatable bonds is 9. The van der Waals surface area contributed by atoms with E-state index >= 15 is 0 Å². The molecule has 0 spiro atoms. The number of anilines is 1. The summed E-state index contributed by atoms with van der Waals surface area (Å²) in [6, 6.07) is 0. The first-order valence-corrected chi connectivity index (χ1v) is 13.7. The first-order valence-electron chi connectivity index (χ1n) is 10.7. The molecular weight excluding hydrogens is 564 g/mol. The second-order valence-corrected chi connectivity index (χ2v) is 11.2. The van der Waals surface area contributed by atoms with E-state index in [9.17, 15) is 44.4 Å². The zero-order valence-corrected chi connectivity index (χ0v) is 20.7. The van der Waals surface area contributed by atoms with Crippen molar-refractivity contribution in [2.75, 3.05) is 18.9 Å². The van der Waals surface area contributed by atoms with Gasteiger partial charge in [0.1, 0.15) is 54.6 Å². The van der Waals surface area contributed by atoms with Crippen LogP contribution in [0.25, 0.3) is 11.2 Å². The summed E-state index contributed by atoms with van der Waals surface area (Å²) in [4.78, 5) is 31.5. The number of phosphoric ester groups is 2. The average Bonchev–Trinajstić information content (AvgIpc) is 3.39. The Morgan fingerprint density at radius 3 is 2.29 bits per heavy atom. The molecule has 2 saturated heterocycles. The van der Waals surface area contributed by atoms with Crippen LogP contribution in [0.2, 0.25) is 0 Å². The molecule has 0 radical (unpaired) electrons. The predicted molar refractivity (Wildman–Crippen MR) is 117 cm³/mol. The van der Waals surface area contributed by atoms with Crippen LogP contribution in [0.5, 0.6) is 0 Å². The van der Waals surface area contributed by atoms with Crippen molar-refractivity contribution in [2.45, 2.75) is 55.2 Å². The molecule has 0 bridgehead atoms. The molecule has 0 aliphatic carbocycles. The molecule has 214 valence electrons. The highest BCUT2D eigenvalue weighted by Crippen LogP contribution is 2.61. The number of aliphatic hydroxyl groups excluding tert-OH is 6. The number of nitrogens with two attached hydrogens (primary N) is 1. The Bertz CT molecular complexity index is 1230. The molecule has 22 heteroatoms. The molecule has 2 fully saturated rings. The summed E-state index contributed by atoms with van der Waals surface area (Å²) in [7, 11) is -11.0. The van der Waals surface area contributed by atoms with E-state index in [2.05, 4.69) is 28.3 Å². The molecule has 2 unspecified atom stereocenters. The molecule has 2 aromatic rings. The van der Waals surface area contributed by atoms with Gasteiger partial charge in [0.2, 0.25) is 0 Å². The van der Waals surface area contributed by atoms with Crippen LogP contribution < -0.4 is 5.73 Å². The number of phosphoric acid groups is 2. The van der Waals surface area contributed by atoms with Crippen molar-refractivity contribution >= 4 is 32.6 Å². The fraction of sp³-hybridized carbons (Fsp3) is 0.688. The molecule has 11 atom stereocenters. The smallest absolute Gasteiger partial charge is 0.394 e. The van der Waals surface area contributed by atoms with Crippen molar-refractivity contribution in [2.24, 2.45) is 0 Å². The van der Waals surface area contributed by atoms with Crippen LogP contribution in [0.4, 0.5) is 5.82 Å². The third-order valence-corrected chi connectivity index (χ3v) is 8.29.